The van der Waals surface area contributed by atoms with E-state index in [4.69, 9.17) is 0 Å². The Kier molecular flexibility index (Phi) is 3.36. The van der Waals surface area contributed by atoms with Crippen LogP contribution in [0, 0.1) is 35.5 Å². The first kappa shape index (κ1) is 13.5. The summed E-state index contributed by atoms with van der Waals surface area (Å²) in [4.78, 5) is 0. The highest BCUT2D eigenvalue weighted by Gasteiger charge is 2.56. The highest BCUT2D eigenvalue weighted by molar-refractivity contribution is 5.06. The normalized spacial score (nSPS) is 58.6. The Bertz CT molecular complexity index is 371. The molecule has 4 rings (SSSR count). The van der Waals surface area contributed by atoms with Crippen LogP contribution >= 0.6 is 0 Å². The Morgan fingerprint density at radius 2 is 1.10 bits per heavy atom. The summed E-state index contributed by atoms with van der Waals surface area (Å²) in [6, 6.07) is 0. The molecule has 0 aromatic heterocycles. The Morgan fingerprint density at radius 3 is 1.90 bits per heavy atom. The van der Waals surface area contributed by atoms with E-state index in [-0.39, 0.29) is 12.0 Å². The summed E-state index contributed by atoms with van der Waals surface area (Å²) in [6.45, 7) is 0. The molecule has 3 heteroatoms. The fourth-order valence-electron chi connectivity index (χ4n) is 6.49. The molecule has 0 spiro atoms. The average Bonchev–Trinajstić information content (AvgIpc) is 2.86. The highest BCUT2D eigenvalue weighted by atomic mass is 16.3. The molecule has 4 saturated carbocycles. The summed E-state index contributed by atoms with van der Waals surface area (Å²) in [6.07, 6.45) is 7.89. The molecule has 3 nitrogen and oxygen atoms in total. The minimum absolute atomic E-state index is 0.158. The molecule has 0 amide bonds. The number of aliphatic hydroxyl groups is 3. The Morgan fingerprint density at radius 1 is 0.500 bits per heavy atom. The van der Waals surface area contributed by atoms with Crippen molar-refractivity contribution >= 4 is 0 Å². The van der Waals surface area contributed by atoms with Crippen LogP contribution < -0.4 is 0 Å². The van der Waals surface area contributed by atoms with Crippen molar-refractivity contribution in [3.63, 3.8) is 0 Å². The molecule has 0 bridgehead atoms. The lowest BCUT2D eigenvalue weighted by atomic mass is 9.52. The minimum Gasteiger partial charge on any atom is -0.393 e. The first-order chi connectivity index (χ1) is 9.68. The largest absolute Gasteiger partial charge is 0.393 e. The third kappa shape index (κ3) is 1.82. The van der Waals surface area contributed by atoms with Gasteiger partial charge in [-0.25, -0.2) is 0 Å². The summed E-state index contributed by atoms with van der Waals surface area (Å²) >= 11 is 0. The van der Waals surface area contributed by atoms with Gasteiger partial charge in [0, 0.05) is 0 Å². The highest BCUT2D eigenvalue weighted by Crippen LogP contribution is 2.57. The molecule has 0 heterocycles. The van der Waals surface area contributed by atoms with Crippen LogP contribution in [-0.2, 0) is 0 Å². The number of rotatable bonds is 0. The first-order valence-corrected chi connectivity index (χ1v) is 8.72. The molecule has 4 aliphatic carbocycles. The molecule has 0 radical (unpaired) electrons. The second kappa shape index (κ2) is 4.96. The maximum absolute atomic E-state index is 10.7. The summed E-state index contributed by atoms with van der Waals surface area (Å²) < 4.78 is 0. The maximum Gasteiger partial charge on any atom is 0.0835 e. The van der Waals surface area contributed by atoms with Crippen molar-refractivity contribution in [3.05, 3.63) is 0 Å². The Hall–Kier alpha value is -0.120. The van der Waals surface area contributed by atoms with Crippen LogP contribution in [0.2, 0.25) is 0 Å². The molecule has 4 aliphatic rings. The van der Waals surface area contributed by atoms with Gasteiger partial charge in [-0.05, 0) is 74.0 Å². The van der Waals surface area contributed by atoms with E-state index in [0.29, 0.717) is 29.6 Å². The first-order valence-electron chi connectivity index (χ1n) is 8.72. The minimum atomic E-state index is -0.544. The van der Waals surface area contributed by atoms with Gasteiger partial charge >= 0.3 is 0 Å². The van der Waals surface area contributed by atoms with E-state index in [1.54, 1.807) is 0 Å². The monoisotopic (exact) mass is 280 g/mol. The molecule has 9 atom stereocenters. The summed E-state index contributed by atoms with van der Waals surface area (Å²) in [7, 11) is 0. The molecule has 9 unspecified atom stereocenters. The lowest BCUT2D eigenvalue weighted by molar-refractivity contribution is -0.170. The van der Waals surface area contributed by atoms with Crippen molar-refractivity contribution in [1.82, 2.24) is 0 Å². The smallest absolute Gasteiger partial charge is 0.0835 e. The van der Waals surface area contributed by atoms with Gasteiger partial charge in [-0.2, -0.15) is 0 Å². The molecular weight excluding hydrogens is 252 g/mol. The van der Waals surface area contributed by atoms with E-state index in [1.165, 1.54) is 19.3 Å². The van der Waals surface area contributed by atoms with Gasteiger partial charge in [0.25, 0.3) is 0 Å². The van der Waals surface area contributed by atoms with Crippen molar-refractivity contribution in [3.8, 4) is 0 Å². The van der Waals surface area contributed by atoms with E-state index in [9.17, 15) is 15.3 Å². The standard InChI is InChI=1S/C17H28O3/c18-14-8-7-12-10(14)5-6-11-9-3-1-2-4-13(9)16(19)17(20)15(11)12/h9-20H,1-8H2. The van der Waals surface area contributed by atoms with Crippen molar-refractivity contribution in [2.45, 2.75) is 69.7 Å². The van der Waals surface area contributed by atoms with E-state index in [0.717, 1.165) is 32.1 Å². The topological polar surface area (TPSA) is 60.7 Å². The fraction of sp³-hybridized carbons (Fsp3) is 1.00. The molecule has 114 valence electrons. The number of aliphatic hydroxyl groups excluding tert-OH is 3. The van der Waals surface area contributed by atoms with Gasteiger partial charge in [0.2, 0.25) is 0 Å². The third-order valence-corrected chi connectivity index (χ3v) is 7.27. The maximum atomic E-state index is 10.7. The zero-order valence-electron chi connectivity index (χ0n) is 12.2. The number of hydrogen-bond donors (Lipinski definition) is 3. The van der Waals surface area contributed by atoms with Crippen LogP contribution in [0.1, 0.15) is 51.4 Å². The third-order valence-electron chi connectivity index (χ3n) is 7.27. The average molecular weight is 280 g/mol. The molecule has 0 saturated heterocycles. The Balaban J connectivity index is 1.64. The predicted octanol–water partition coefficient (Wildman–Crippen LogP) is 1.94. The lowest BCUT2D eigenvalue weighted by Gasteiger charge is -2.55. The van der Waals surface area contributed by atoms with E-state index >= 15 is 0 Å². The molecule has 0 aromatic rings. The van der Waals surface area contributed by atoms with Crippen molar-refractivity contribution < 1.29 is 15.3 Å². The van der Waals surface area contributed by atoms with Crippen molar-refractivity contribution in [1.29, 1.82) is 0 Å². The second-order valence-electron chi connectivity index (χ2n) is 7.88. The lowest BCUT2D eigenvalue weighted by Crippen LogP contribution is -2.57. The Labute approximate surface area is 121 Å². The zero-order valence-corrected chi connectivity index (χ0v) is 12.2. The molecule has 0 aromatic carbocycles. The van der Waals surface area contributed by atoms with Gasteiger partial charge in [-0.1, -0.05) is 12.8 Å². The molecule has 3 N–H and O–H groups in total. The zero-order chi connectivity index (χ0) is 13.9. The molecule has 4 fully saturated rings. The number of fused-ring (bicyclic) bond motifs is 5. The van der Waals surface area contributed by atoms with Crippen LogP contribution in [0.4, 0.5) is 0 Å². The number of hydrogen-bond acceptors (Lipinski definition) is 3. The SMILES string of the molecule is OC1CCC2C1CCC1C3CCCCC3C(O)C(O)C21. The van der Waals surface area contributed by atoms with Gasteiger partial charge < -0.3 is 15.3 Å². The van der Waals surface area contributed by atoms with Crippen LogP contribution in [-0.4, -0.2) is 33.6 Å². The molecule has 20 heavy (non-hydrogen) atoms. The molecule has 0 aliphatic heterocycles. The van der Waals surface area contributed by atoms with E-state index < -0.39 is 12.2 Å². The van der Waals surface area contributed by atoms with Gasteiger partial charge in [0.05, 0.1) is 18.3 Å². The van der Waals surface area contributed by atoms with Crippen molar-refractivity contribution in [2.24, 2.45) is 35.5 Å². The summed E-state index contributed by atoms with van der Waals surface area (Å²) in [5, 5.41) is 31.5. The summed E-state index contributed by atoms with van der Waals surface area (Å²) in [5.74, 6) is 2.66. The van der Waals surface area contributed by atoms with Gasteiger partial charge in [0.1, 0.15) is 0 Å². The van der Waals surface area contributed by atoms with E-state index in [2.05, 4.69) is 0 Å². The van der Waals surface area contributed by atoms with Crippen molar-refractivity contribution in [2.75, 3.05) is 0 Å². The summed E-state index contributed by atoms with van der Waals surface area (Å²) in [5.41, 5.74) is 0. The predicted molar refractivity (Wildman–Crippen MR) is 75.9 cm³/mol. The van der Waals surface area contributed by atoms with Crippen LogP contribution in [0.15, 0.2) is 0 Å². The van der Waals surface area contributed by atoms with Gasteiger partial charge in [-0.3, -0.25) is 0 Å². The van der Waals surface area contributed by atoms with Crippen LogP contribution in [0.5, 0.6) is 0 Å². The quantitative estimate of drug-likeness (QED) is 0.635. The van der Waals surface area contributed by atoms with Gasteiger partial charge in [0.15, 0.2) is 0 Å². The van der Waals surface area contributed by atoms with E-state index in [1.807, 2.05) is 0 Å². The fourth-order valence-corrected chi connectivity index (χ4v) is 6.49. The van der Waals surface area contributed by atoms with Gasteiger partial charge in [-0.15, -0.1) is 0 Å². The molecular formula is C17H28O3. The van der Waals surface area contributed by atoms with Crippen LogP contribution in [0.25, 0.3) is 0 Å². The second-order valence-corrected chi connectivity index (χ2v) is 7.88. The van der Waals surface area contributed by atoms with Crippen LogP contribution in [0.3, 0.4) is 0 Å².